The smallest absolute Gasteiger partial charge is 0.256 e. The maximum atomic E-state index is 13.8. The Bertz CT molecular complexity index is 2090. The van der Waals surface area contributed by atoms with Crippen LogP contribution >= 0.6 is 11.8 Å². The van der Waals surface area contributed by atoms with E-state index in [-0.39, 0.29) is 17.7 Å². The third-order valence-corrected chi connectivity index (χ3v) is 11.0. The van der Waals surface area contributed by atoms with Crippen LogP contribution in [0, 0.1) is 0 Å². The second kappa shape index (κ2) is 15.5. The molecule has 0 aliphatic carbocycles. The van der Waals surface area contributed by atoms with Gasteiger partial charge in [-0.2, -0.15) is 0 Å². The first-order valence-corrected chi connectivity index (χ1v) is 21.8. The largest absolute Gasteiger partial charge is 0.361 e. The van der Waals surface area contributed by atoms with E-state index in [2.05, 4.69) is 39.8 Å². The number of ether oxygens (including phenoxy) is 1. The molecular formula is C39H42N6O4SSi. The fourth-order valence-electron chi connectivity index (χ4n) is 6.03. The quantitative estimate of drug-likeness (QED) is 0.0720. The first-order valence-electron chi connectivity index (χ1n) is 16.8. The first kappa shape index (κ1) is 35.8. The van der Waals surface area contributed by atoms with Gasteiger partial charge in [0.25, 0.3) is 11.8 Å². The topological polar surface area (TPSA) is 118 Å². The predicted molar refractivity (Wildman–Crippen MR) is 205 cm³/mol. The Kier molecular flexibility index (Phi) is 10.8. The van der Waals surface area contributed by atoms with Crippen LogP contribution in [0.4, 0.5) is 11.5 Å². The van der Waals surface area contributed by atoms with Crippen molar-refractivity contribution in [2.45, 2.75) is 57.6 Å². The molecule has 0 spiro atoms. The summed E-state index contributed by atoms with van der Waals surface area (Å²) in [6.45, 7) is 10.2. The highest BCUT2D eigenvalue weighted by Crippen LogP contribution is 2.37. The minimum atomic E-state index is -1.29. The lowest BCUT2D eigenvalue weighted by Gasteiger charge is -2.18. The van der Waals surface area contributed by atoms with Crippen molar-refractivity contribution in [2.75, 3.05) is 23.5 Å². The molecule has 10 nitrogen and oxygen atoms in total. The SMILES string of the molecule is CSc1nc(-c2cccc(NC(=O)c3ccccc3CN3Cc4ccccc4C3=O)c2)c(-c2ccnc(NC(C)=O)c2)n1COCC[Si](C)(C)C. The molecule has 3 heterocycles. The van der Waals surface area contributed by atoms with E-state index in [1.165, 1.54) is 18.7 Å². The van der Waals surface area contributed by atoms with E-state index < -0.39 is 8.07 Å². The van der Waals surface area contributed by atoms with Gasteiger partial charge in [0.1, 0.15) is 12.5 Å². The highest BCUT2D eigenvalue weighted by Gasteiger charge is 2.28. The van der Waals surface area contributed by atoms with E-state index in [1.807, 2.05) is 85.1 Å². The van der Waals surface area contributed by atoms with Gasteiger partial charge in [-0.05, 0) is 59.8 Å². The third kappa shape index (κ3) is 8.47. The van der Waals surface area contributed by atoms with Gasteiger partial charge in [0, 0.05) is 68.8 Å². The number of nitrogens with zero attached hydrogens (tertiary/aromatic N) is 4. The second-order valence-corrected chi connectivity index (χ2v) is 20.1. The molecule has 0 unspecified atom stereocenters. The van der Waals surface area contributed by atoms with Crippen molar-refractivity contribution >= 4 is 49.1 Å². The lowest BCUT2D eigenvalue weighted by Crippen LogP contribution is -2.25. The van der Waals surface area contributed by atoms with Crippen LogP contribution in [0.2, 0.25) is 25.7 Å². The highest BCUT2D eigenvalue weighted by atomic mass is 32.2. The van der Waals surface area contributed by atoms with Crippen molar-refractivity contribution in [2.24, 2.45) is 0 Å². The molecule has 0 saturated heterocycles. The molecule has 12 heteroatoms. The summed E-state index contributed by atoms with van der Waals surface area (Å²) in [5.41, 5.74) is 6.69. The van der Waals surface area contributed by atoms with Crippen molar-refractivity contribution in [1.82, 2.24) is 19.4 Å². The van der Waals surface area contributed by atoms with E-state index in [1.54, 1.807) is 17.2 Å². The molecule has 5 aromatic rings. The number of hydrogen-bond donors (Lipinski definition) is 2. The fraction of sp³-hybridized carbons (Fsp3) is 0.256. The normalized spacial score (nSPS) is 12.6. The van der Waals surface area contributed by atoms with E-state index in [4.69, 9.17) is 9.72 Å². The average molecular weight is 719 g/mol. The third-order valence-electron chi connectivity index (χ3n) is 8.58. The highest BCUT2D eigenvalue weighted by molar-refractivity contribution is 7.98. The lowest BCUT2D eigenvalue weighted by molar-refractivity contribution is -0.114. The van der Waals surface area contributed by atoms with Crippen LogP contribution in [0.1, 0.15) is 38.8 Å². The van der Waals surface area contributed by atoms with E-state index in [9.17, 15) is 14.4 Å². The monoisotopic (exact) mass is 718 g/mol. The van der Waals surface area contributed by atoms with E-state index >= 15 is 0 Å². The number of hydrogen-bond acceptors (Lipinski definition) is 7. The van der Waals surface area contributed by atoms with Crippen molar-refractivity contribution in [3.8, 4) is 22.5 Å². The summed E-state index contributed by atoms with van der Waals surface area (Å²) in [7, 11) is -1.29. The van der Waals surface area contributed by atoms with Crippen LogP contribution in [-0.4, -0.2) is 58.1 Å². The van der Waals surface area contributed by atoms with Gasteiger partial charge in [-0.3, -0.25) is 19.0 Å². The van der Waals surface area contributed by atoms with Crippen LogP contribution in [0.5, 0.6) is 0 Å². The maximum absolute atomic E-state index is 13.8. The fourth-order valence-corrected chi connectivity index (χ4v) is 7.34. The van der Waals surface area contributed by atoms with E-state index in [0.717, 1.165) is 39.1 Å². The maximum Gasteiger partial charge on any atom is 0.256 e. The van der Waals surface area contributed by atoms with Crippen LogP contribution in [-0.2, 0) is 29.4 Å². The number of anilines is 2. The Labute approximate surface area is 303 Å². The molecule has 0 bridgehead atoms. The molecule has 0 radical (unpaired) electrons. The molecule has 2 N–H and O–H groups in total. The molecule has 6 rings (SSSR count). The Morgan fingerprint density at radius 2 is 1.73 bits per heavy atom. The zero-order valence-corrected chi connectivity index (χ0v) is 31.3. The Morgan fingerprint density at radius 1 is 0.941 bits per heavy atom. The molecule has 3 aromatic carbocycles. The number of benzene rings is 3. The zero-order chi connectivity index (χ0) is 36.1. The molecule has 0 fully saturated rings. The molecule has 262 valence electrons. The summed E-state index contributed by atoms with van der Waals surface area (Å²) in [4.78, 5) is 49.9. The van der Waals surface area contributed by atoms with Gasteiger partial charge in [0.15, 0.2) is 5.16 Å². The van der Waals surface area contributed by atoms with Crippen LogP contribution < -0.4 is 10.6 Å². The molecular weight excluding hydrogens is 677 g/mol. The molecule has 1 aliphatic heterocycles. The standard InChI is InChI=1S/C39H42N6O4SSi/c1-26(46)41-34-22-28(17-18-40-34)36-35(43-39(50-2)45(36)25-49-19-20-51(3,4)5)27-13-10-14-31(21-27)42-37(47)32-15-8-6-11-29(32)23-44-24-30-12-7-9-16-33(30)38(44)48/h6-18,21-22H,19-20,23-25H2,1-5H3,(H,42,47)(H,40,41,46). The minimum absolute atomic E-state index is 0.0341. The molecule has 0 saturated carbocycles. The number of fused-ring (bicyclic) bond motifs is 1. The van der Waals surface area contributed by atoms with Crippen molar-refractivity contribution in [1.29, 1.82) is 0 Å². The second-order valence-electron chi connectivity index (χ2n) is 13.7. The van der Waals surface area contributed by atoms with Gasteiger partial charge < -0.3 is 20.3 Å². The predicted octanol–water partition coefficient (Wildman–Crippen LogP) is 8.01. The summed E-state index contributed by atoms with van der Waals surface area (Å²) in [6.07, 6.45) is 3.64. The summed E-state index contributed by atoms with van der Waals surface area (Å²) < 4.78 is 8.28. The molecule has 3 amide bonds. The van der Waals surface area contributed by atoms with Crippen molar-refractivity contribution < 1.29 is 19.1 Å². The number of carbonyl (C=O) groups excluding carboxylic acids is 3. The summed E-state index contributed by atoms with van der Waals surface area (Å²) >= 11 is 1.52. The van der Waals surface area contributed by atoms with Gasteiger partial charge in [-0.15, -0.1) is 0 Å². The zero-order valence-electron chi connectivity index (χ0n) is 29.5. The Morgan fingerprint density at radius 3 is 2.49 bits per heavy atom. The number of carbonyl (C=O) groups is 3. The first-order chi connectivity index (χ1) is 24.5. The van der Waals surface area contributed by atoms with Crippen LogP contribution in [0.25, 0.3) is 22.5 Å². The number of amides is 3. The van der Waals surface area contributed by atoms with Gasteiger partial charge in [-0.25, -0.2) is 9.97 Å². The van der Waals surface area contributed by atoms with Crippen molar-refractivity contribution in [3.05, 3.63) is 113 Å². The van der Waals surface area contributed by atoms with E-state index in [0.29, 0.717) is 54.8 Å². The number of nitrogens with one attached hydrogen (secondary N) is 2. The van der Waals surface area contributed by atoms with Gasteiger partial charge in [-0.1, -0.05) is 79.9 Å². The van der Waals surface area contributed by atoms with Crippen molar-refractivity contribution in [3.63, 3.8) is 0 Å². The molecule has 1 aliphatic rings. The Hall–Kier alpha value is -5.04. The number of thioether (sulfide) groups is 1. The molecule has 51 heavy (non-hydrogen) atoms. The van der Waals surface area contributed by atoms with Crippen LogP contribution in [0.15, 0.2) is 96.3 Å². The summed E-state index contributed by atoms with van der Waals surface area (Å²) in [5.74, 6) is -0.0844. The number of pyridine rings is 1. The van der Waals surface area contributed by atoms with Gasteiger partial charge in [0.05, 0.1) is 11.4 Å². The molecule has 0 atom stereocenters. The number of imidazole rings is 1. The van der Waals surface area contributed by atoms with Gasteiger partial charge >= 0.3 is 0 Å². The summed E-state index contributed by atoms with van der Waals surface area (Å²) in [5, 5.41) is 6.64. The van der Waals surface area contributed by atoms with Crippen LogP contribution in [0.3, 0.4) is 0 Å². The summed E-state index contributed by atoms with van der Waals surface area (Å²) in [6, 6.07) is 27.3. The molecule has 2 aromatic heterocycles. The Balaban J connectivity index is 1.30. The minimum Gasteiger partial charge on any atom is -0.361 e. The number of aromatic nitrogens is 3. The average Bonchev–Trinajstić information content (AvgIpc) is 3.63. The number of rotatable bonds is 13. The lowest BCUT2D eigenvalue weighted by atomic mass is 10.0. The van der Waals surface area contributed by atoms with Gasteiger partial charge in [0.2, 0.25) is 5.91 Å².